The van der Waals surface area contributed by atoms with Gasteiger partial charge in [0.1, 0.15) is 5.75 Å². The van der Waals surface area contributed by atoms with Crippen molar-refractivity contribution in [2.75, 3.05) is 20.3 Å². The molecule has 0 spiro atoms. The molecule has 0 fully saturated rings. The second-order valence-corrected chi connectivity index (χ2v) is 3.81. The van der Waals surface area contributed by atoms with Gasteiger partial charge in [-0.05, 0) is 44.0 Å². The van der Waals surface area contributed by atoms with Crippen LogP contribution in [0.2, 0.25) is 0 Å². The summed E-state index contributed by atoms with van der Waals surface area (Å²) in [5, 5.41) is 11.7. The van der Waals surface area contributed by atoms with E-state index in [1.54, 1.807) is 0 Å². The Hall–Kier alpha value is -1.06. The SMILES string of the molecule is CNCc1ccc(OCCCCCO)cc1. The monoisotopic (exact) mass is 223 g/mol. The van der Waals surface area contributed by atoms with E-state index in [-0.39, 0.29) is 6.61 Å². The van der Waals surface area contributed by atoms with E-state index in [9.17, 15) is 0 Å². The van der Waals surface area contributed by atoms with Crippen LogP contribution in [0.15, 0.2) is 24.3 Å². The Bertz CT molecular complexity index is 272. The van der Waals surface area contributed by atoms with Gasteiger partial charge in [-0.1, -0.05) is 12.1 Å². The highest BCUT2D eigenvalue weighted by Gasteiger charge is 1.95. The van der Waals surface area contributed by atoms with Crippen LogP contribution in [-0.4, -0.2) is 25.4 Å². The molecule has 0 aliphatic carbocycles. The molecule has 16 heavy (non-hydrogen) atoms. The first-order chi connectivity index (χ1) is 7.86. The molecule has 3 heteroatoms. The van der Waals surface area contributed by atoms with Crippen LogP contribution in [-0.2, 0) is 6.54 Å². The molecule has 1 rings (SSSR count). The fourth-order valence-electron chi connectivity index (χ4n) is 1.49. The number of benzene rings is 1. The summed E-state index contributed by atoms with van der Waals surface area (Å²) in [6.45, 7) is 1.89. The number of unbranched alkanes of at least 4 members (excludes halogenated alkanes) is 2. The first-order valence-corrected chi connectivity index (χ1v) is 5.84. The third-order valence-corrected chi connectivity index (χ3v) is 2.38. The van der Waals surface area contributed by atoms with Gasteiger partial charge < -0.3 is 15.2 Å². The van der Waals surface area contributed by atoms with Crippen molar-refractivity contribution in [2.45, 2.75) is 25.8 Å². The molecule has 3 nitrogen and oxygen atoms in total. The summed E-state index contributed by atoms with van der Waals surface area (Å²) in [6.07, 6.45) is 2.89. The highest BCUT2D eigenvalue weighted by molar-refractivity contribution is 5.27. The van der Waals surface area contributed by atoms with Crippen LogP contribution >= 0.6 is 0 Å². The number of hydrogen-bond acceptors (Lipinski definition) is 3. The normalized spacial score (nSPS) is 10.4. The molecular weight excluding hydrogens is 202 g/mol. The molecule has 0 radical (unpaired) electrons. The molecule has 0 atom stereocenters. The minimum atomic E-state index is 0.277. The Labute approximate surface area is 97.4 Å². The molecule has 0 saturated carbocycles. The van der Waals surface area contributed by atoms with E-state index >= 15 is 0 Å². The Balaban J connectivity index is 2.21. The van der Waals surface area contributed by atoms with Crippen molar-refractivity contribution in [3.8, 4) is 5.75 Å². The van der Waals surface area contributed by atoms with Crippen LogP contribution in [0.4, 0.5) is 0 Å². The van der Waals surface area contributed by atoms with Gasteiger partial charge in [0.15, 0.2) is 0 Å². The standard InChI is InChI=1S/C13H21NO2/c1-14-11-12-5-7-13(8-6-12)16-10-4-2-3-9-15/h5-8,14-15H,2-4,9-11H2,1H3. The third kappa shape index (κ3) is 5.14. The quantitative estimate of drug-likeness (QED) is 0.662. The molecule has 1 aromatic rings. The Kier molecular flexibility index (Phi) is 6.61. The van der Waals surface area contributed by atoms with Crippen molar-refractivity contribution in [1.29, 1.82) is 0 Å². The summed E-state index contributed by atoms with van der Waals surface area (Å²) in [6, 6.07) is 8.14. The zero-order valence-corrected chi connectivity index (χ0v) is 9.91. The van der Waals surface area contributed by atoms with Gasteiger partial charge in [-0.2, -0.15) is 0 Å². The molecule has 2 N–H and O–H groups in total. The lowest BCUT2D eigenvalue weighted by Gasteiger charge is -2.06. The van der Waals surface area contributed by atoms with Gasteiger partial charge in [-0.25, -0.2) is 0 Å². The third-order valence-electron chi connectivity index (χ3n) is 2.38. The number of aliphatic hydroxyl groups is 1. The van der Waals surface area contributed by atoms with Crippen LogP contribution in [0.5, 0.6) is 5.75 Å². The van der Waals surface area contributed by atoms with E-state index in [2.05, 4.69) is 17.4 Å². The maximum absolute atomic E-state index is 8.62. The van der Waals surface area contributed by atoms with E-state index in [4.69, 9.17) is 9.84 Å². The average molecular weight is 223 g/mol. The zero-order chi connectivity index (χ0) is 11.6. The maximum atomic E-state index is 8.62. The predicted molar refractivity (Wildman–Crippen MR) is 65.6 cm³/mol. The summed E-state index contributed by atoms with van der Waals surface area (Å²) in [4.78, 5) is 0. The minimum absolute atomic E-state index is 0.277. The summed E-state index contributed by atoms with van der Waals surface area (Å²) < 4.78 is 5.58. The van der Waals surface area contributed by atoms with E-state index in [1.807, 2.05) is 19.2 Å². The molecule has 0 saturated heterocycles. The van der Waals surface area contributed by atoms with Gasteiger partial charge in [-0.15, -0.1) is 0 Å². The second kappa shape index (κ2) is 8.13. The van der Waals surface area contributed by atoms with E-state index in [0.717, 1.165) is 38.2 Å². The molecular formula is C13H21NO2. The topological polar surface area (TPSA) is 41.5 Å². The van der Waals surface area contributed by atoms with Crippen molar-refractivity contribution >= 4 is 0 Å². The van der Waals surface area contributed by atoms with Crippen molar-refractivity contribution in [1.82, 2.24) is 5.32 Å². The van der Waals surface area contributed by atoms with E-state index in [1.165, 1.54) is 5.56 Å². The van der Waals surface area contributed by atoms with Gasteiger partial charge >= 0.3 is 0 Å². The van der Waals surface area contributed by atoms with Crippen LogP contribution in [0.3, 0.4) is 0 Å². The molecule has 0 aliphatic heterocycles. The molecule has 0 bridgehead atoms. The number of hydrogen-bond donors (Lipinski definition) is 2. The van der Waals surface area contributed by atoms with E-state index in [0.29, 0.717) is 0 Å². The van der Waals surface area contributed by atoms with Crippen molar-refractivity contribution in [2.24, 2.45) is 0 Å². The Morgan fingerprint density at radius 2 is 1.88 bits per heavy atom. The molecule has 0 heterocycles. The highest BCUT2D eigenvalue weighted by Crippen LogP contribution is 2.12. The molecule has 1 aromatic carbocycles. The number of nitrogens with one attached hydrogen (secondary N) is 1. The van der Waals surface area contributed by atoms with Crippen LogP contribution in [0.25, 0.3) is 0 Å². The van der Waals surface area contributed by atoms with Gasteiger partial charge in [0.05, 0.1) is 6.61 Å². The maximum Gasteiger partial charge on any atom is 0.119 e. The Morgan fingerprint density at radius 3 is 2.50 bits per heavy atom. The zero-order valence-electron chi connectivity index (χ0n) is 9.91. The molecule has 90 valence electrons. The molecule has 0 aromatic heterocycles. The van der Waals surface area contributed by atoms with Gasteiger partial charge in [0.25, 0.3) is 0 Å². The fourth-order valence-corrected chi connectivity index (χ4v) is 1.49. The molecule has 0 aliphatic rings. The Morgan fingerprint density at radius 1 is 1.12 bits per heavy atom. The van der Waals surface area contributed by atoms with Gasteiger partial charge in [0.2, 0.25) is 0 Å². The van der Waals surface area contributed by atoms with Crippen molar-refractivity contribution in [3.63, 3.8) is 0 Å². The lowest BCUT2D eigenvalue weighted by atomic mass is 10.2. The summed E-state index contributed by atoms with van der Waals surface area (Å²) in [5.74, 6) is 0.920. The lowest BCUT2D eigenvalue weighted by molar-refractivity contribution is 0.266. The number of aliphatic hydroxyl groups excluding tert-OH is 1. The number of rotatable bonds is 8. The van der Waals surface area contributed by atoms with E-state index < -0.39 is 0 Å². The predicted octanol–water partition coefficient (Wildman–Crippen LogP) is 1.95. The minimum Gasteiger partial charge on any atom is -0.494 e. The van der Waals surface area contributed by atoms with Crippen molar-refractivity contribution < 1.29 is 9.84 Å². The van der Waals surface area contributed by atoms with Gasteiger partial charge in [-0.3, -0.25) is 0 Å². The first kappa shape index (κ1) is 13.0. The lowest BCUT2D eigenvalue weighted by Crippen LogP contribution is -2.04. The second-order valence-electron chi connectivity index (χ2n) is 3.81. The summed E-state index contributed by atoms with van der Waals surface area (Å²) >= 11 is 0. The fraction of sp³-hybridized carbons (Fsp3) is 0.538. The highest BCUT2D eigenvalue weighted by atomic mass is 16.5. The summed E-state index contributed by atoms with van der Waals surface area (Å²) in [5.41, 5.74) is 1.26. The smallest absolute Gasteiger partial charge is 0.119 e. The largest absolute Gasteiger partial charge is 0.494 e. The van der Waals surface area contributed by atoms with Crippen LogP contribution in [0.1, 0.15) is 24.8 Å². The average Bonchev–Trinajstić information content (AvgIpc) is 2.31. The first-order valence-electron chi connectivity index (χ1n) is 5.84. The number of ether oxygens (including phenoxy) is 1. The van der Waals surface area contributed by atoms with Crippen LogP contribution < -0.4 is 10.1 Å². The van der Waals surface area contributed by atoms with Crippen LogP contribution in [0, 0.1) is 0 Å². The van der Waals surface area contributed by atoms with Gasteiger partial charge in [0, 0.05) is 13.2 Å². The molecule has 0 unspecified atom stereocenters. The molecule has 0 amide bonds. The van der Waals surface area contributed by atoms with Crippen molar-refractivity contribution in [3.05, 3.63) is 29.8 Å². The summed E-state index contributed by atoms with van der Waals surface area (Å²) in [7, 11) is 1.94.